The van der Waals surface area contributed by atoms with Crippen LogP contribution in [0.3, 0.4) is 0 Å². The Bertz CT molecular complexity index is 2660. The Hall–Kier alpha value is -2.67. The van der Waals surface area contributed by atoms with Crippen molar-refractivity contribution in [2.75, 3.05) is 78.5 Å². The fourth-order valence-electron chi connectivity index (χ4n) is 11.6. The highest BCUT2D eigenvalue weighted by atomic mass is 79.9. The minimum atomic E-state index is -0.497. The number of piperazine rings is 2. The molecular weight excluding hydrogens is 1230 g/mol. The van der Waals surface area contributed by atoms with Crippen LogP contribution in [0.15, 0.2) is 66.7 Å². The minimum absolute atomic E-state index is 0.0172. The standard InChI is InChI=1S/C30H37Br2ClN4O3.C25H29Br2ClN4O/c1-30(2,3)40-29(39)37-10-8-19(9-11-37)16-25(38)35-12-14-36(15-13-35)28-23-6-7-24(33)26(32)22(23)5-4-20-17-21(31)18-34-27(20)28;26-18-14-17-1-2-19-20(3-4-21(28)23(19)27)25(24(17)30-15-18)32-11-9-31(10-12-32)22(33)13-16-5-7-29-8-6-16/h6-7,17-19,28H,4-5,8-16H2,1-3H3;3-4,14-16,25,29H,1-2,5-13H2. The number of carbonyl (C=O) groups is 3. The van der Waals surface area contributed by atoms with Crippen molar-refractivity contribution in [2.45, 2.75) is 103 Å². The van der Waals surface area contributed by atoms with Gasteiger partial charge in [0.25, 0.3) is 0 Å². The maximum Gasteiger partial charge on any atom is 0.410 e. The first-order chi connectivity index (χ1) is 35.0. The Balaban J connectivity index is 0.000000183. The van der Waals surface area contributed by atoms with Crippen molar-refractivity contribution in [1.29, 1.82) is 0 Å². The van der Waals surface area contributed by atoms with Crippen LogP contribution in [0, 0.1) is 11.8 Å². The summed E-state index contributed by atoms with van der Waals surface area (Å²) in [5.74, 6) is 1.37. The molecule has 0 spiro atoms. The number of carbonyl (C=O) groups excluding carboxylic acids is 3. The third-order valence-electron chi connectivity index (χ3n) is 15.5. The van der Waals surface area contributed by atoms with Crippen LogP contribution in [0.1, 0.15) is 116 Å². The lowest BCUT2D eigenvalue weighted by atomic mass is 9.93. The third-order valence-corrected chi connectivity index (χ3v) is 19.3. The summed E-state index contributed by atoms with van der Waals surface area (Å²) in [6.07, 6.45) is 12.3. The molecule has 392 valence electrons. The number of nitrogens with zero attached hydrogens (tertiary/aromatic N) is 7. The summed E-state index contributed by atoms with van der Waals surface area (Å²) in [4.78, 5) is 59.3. The van der Waals surface area contributed by atoms with E-state index in [0.29, 0.717) is 56.8 Å². The smallest absolute Gasteiger partial charge is 0.410 e. The van der Waals surface area contributed by atoms with E-state index < -0.39 is 5.60 Å². The summed E-state index contributed by atoms with van der Waals surface area (Å²) in [7, 11) is 0. The van der Waals surface area contributed by atoms with Crippen molar-refractivity contribution < 1.29 is 19.1 Å². The van der Waals surface area contributed by atoms with Crippen LogP contribution < -0.4 is 5.32 Å². The highest BCUT2D eigenvalue weighted by Crippen LogP contribution is 2.44. The molecule has 0 saturated carbocycles. The van der Waals surface area contributed by atoms with Gasteiger partial charge in [0.1, 0.15) is 5.60 Å². The molecule has 2 aromatic heterocycles. The SMILES string of the molecule is CC(C)(C)OC(=O)N1CCC(CC(=O)N2CCN(C3c4ccc(Cl)c(Br)c4CCc4cc(Br)cnc43)CC2)CC1.O=C(CC1CCNCC1)N1CCN(C2c3ccc(Cl)c(Br)c3CCc3cc(Br)cnc32)CC1. The first kappa shape index (κ1) is 55.1. The zero-order valence-corrected chi connectivity index (χ0v) is 49.9. The second-order valence-corrected chi connectivity index (χ2v) is 25.6. The number of aryl methyl sites for hydroxylation is 2. The van der Waals surface area contributed by atoms with Crippen LogP contribution >= 0.6 is 86.9 Å². The van der Waals surface area contributed by atoms with Crippen LogP contribution in [0.4, 0.5) is 4.79 Å². The average Bonchev–Trinajstić information content (AvgIpc) is 3.64. The van der Waals surface area contributed by atoms with E-state index in [1.54, 1.807) is 4.90 Å². The molecule has 12 nitrogen and oxygen atoms in total. The van der Waals surface area contributed by atoms with E-state index >= 15 is 0 Å². The fraction of sp³-hybridized carbons (Fsp3) is 0.545. The third kappa shape index (κ3) is 13.2. The Morgan fingerprint density at radius 3 is 1.45 bits per heavy atom. The van der Waals surface area contributed by atoms with Crippen LogP contribution in [-0.2, 0) is 40.0 Å². The number of nitrogens with one attached hydrogen (secondary N) is 1. The van der Waals surface area contributed by atoms with E-state index in [9.17, 15) is 14.4 Å². The van der Waals surface area contributed by atoms with Gasteiger partial charge >= 0.3 is 6.09 Å². The molecule has 4 aromatic rings. The Morgan fingerprint density at radius 2 is 1.03 bits per heavy atom. The maximum atomic E-state index is 13.3. The van der Waals surface area contributed by atoms with E-state index in [4.69, 9.17) is 37.9 Å². The number of benzene rings is 2. The number of pyridine rings is 2. The van der Waals surface area contributed by atoms with Crippen molar-refractivity contribution in [3.8, 4) is 0 Å². The number of ether oxygens (including phenoxy) is 1. The van der Waals surface area contributed by atoms with Crippen LogP contribution in [0.5, 0.6) is 0 Å². The summed E-state index contributed by atoms with van der Waals surface area (Å²) in [5, 5.41) is 4.87. The summed E-state index contributed by atoms with van der Waals surface area (Å²) in [5.41, 5.74) is 9.26. The zero-order chi connectivity index (χ0) is 51.6. The second kappa shape index (κ2) is 24.3. The second-order valence-electron chi connectivity index (χ2n) is 21.4. The molecule has 4 saturated heterocycles. The molecule has 6 aliphatic rings. The van der Waals surface area contributed by atoms with Crippen molar-refractivity contribution >= 4 is 105 Å². The van der Waals surface area contributed by atoms with Gasteiger partial charge in [-0.25, -0.2) is 4.79 Å². The van der Waals surface area contributed by atoms with Gasteiger partial charge in [-0.15, -0.1) is 0 Å². The molecule has 6 heterocycles. The van der Waals surface area contributed by atoms with E-state index in [0.717, 1.165) is 143 Å². The largest absolute Gasteiger partial charge is 0.444 e. The van der Waals surface area contributed by atoms with Crippen molar-refractivity contribution in [1.82, 2.24) is 39.8 Å². The number of rotatable bonds is 6. The van der Waals surface area contributed by atoms with Gasteiger partial charge in [0.05, 0.1) is 33.5 Å². The molecule has 0 radical (unpaired) electrons. The molecule has 2 aromatic carbocycles. The molecule has 2 atom stereocenters. The number of likely N-dealkylation sites (tertiary alicyclic amines) is 1. The summed E-state index contributed by atoms with van der Waals surface area (Å²) in [6.45, 7) is 15.2. The number of piperidine rings is 2. The lowest BCUT2D eigenvalue weighted by Crippen LogP contribution is -2.50. The Labute approximate surface area is 474 Å². The van der Waals surface area contributed by atoms with E-state index in [-0.39, 0.29) is 24.1 Å². The molecule has 10 rings (SSSR count). The quantitative estimate of drug-likeness (QED) is 0.202. The molecule has 1 N–H and O–H groups in total. The number of hydrogen-bond donors (Lipinski definition) is 1. The van der Waals surface area contributed by atoms with Crippen LogP contribution in [-0.4, -0.2) is 137 Å². The highest BCUT2D eigenvalue weighted by Gasteiger charge is 2.37. The van der Waals surface area contributed by atoms with Crippen LogP contribution in [0.25, 0.3) is 0 Å². The van der Waals surface area contributed by atoms with Gasteiger partial charge in [0.2, 0.25) is 11.8 Å². The topological polar surface area (TPSA) is 114 Å². The summed E-state index contributed by atoms with van der Waals surface area (Å²) >= 11 is 27.7. The van der Waals surface area contributed by atoms with Gasteiger partial charge in [-0.2, -0.15) is 0 Å². The predicted molar refractivity (Wildman–Crippen MR) is 302 cm³/mol. The molecule has 18 heteroatoms. The van der Waals surface area contributed by atoms with Crippen LogP contribution in [0.2, 0.25) is 10.0 Å². The first-order valence-electron chi connectivity index (χ1n) is 26.0. The van der Waals surface area contributed by atoms with E-state index in [2.05, 4.69) is 108 Å². The minimum Gasteiger partial charge on any atom is -0.444 e. The Morgan fingerprint density at radius 1 is 0.603 bits per heavy atom. The molecule has 4 fully saturated rings. The maximum absolute atomic E-state index is 13.3. The zero-order valence-electron chi connectivity index (χ0n) is 42.0. The lowest BCUT2D eigenvalue weighted by Gasteiger charge is -2.40. The summed E-state index contributed by atoms with van der Waals surface area (Å²) < 4.78 is 9.47. The number of hydrogen-bond acceptors (Lipinski definition) is 9. The molecule has 3 amide bonds. The molecule has 4 aliphatic heterocycles. The van der Waals surface area contributed by atoms with E-state index in [1.807, 2.05) is 50.2 Å². The average molecular weight is 1290 g/mol. The molecule has 0 bridgehead atoms. The normalized spacial score (nSPS) is 21.1. The fourth-order valence-corrected chi connectivity index (χ4v) is 13.8. The monoisotopic (exact) mass is 1290 g/mol. The molecule has 2 aliphatic carbocycles. The van der Waals surface area contributed by atoms with Gasteiger partial charge in [-0.05, 0) is 218 Å². The molecule has 73 heavy (non-hydrogen) atoms. The van der Waals surface area contributed by atoms with E-state index in [1.165, 1.54) is 33.4 Å². The van der Waals surface area contributed by atoms with Crippen molar-refractivity contribution in [2.24, 2.45) is 11.8 Å². The number of fused-ring (bicyclic) bond motifs is 4. The van der Waals surface area contributed by atoms with Gasteiger partial charge in [0, 0.05) is 109 Å². The highest BCUT2D eigenvalue weighted by molar-refractivity contribution is 9.11. The molecule has 2 unspecified atom stereocenters. The van der Waals surface area contributed by atoms with Gasteiger partial charge in [-0.1, -0.05) is 35.3 Å². The van der Waals surface area contributed by atoms with Crippen molar-refractivity contribution in [3.63, 3.8) is 0 Å². The Kier molecular flexibility index (Phi) is 18.4. The number of amides is 3. The van der Waals surface area contributed by atoms with Gasteiger partial charge in [-0.3, -0.25) is 29.4 Å². The van der Waals surface area contributed by atoms with Crippen molar-refractivity contribution in [3.05, 3.63) is 121 Å². The summed E-state index contributed by atoms with van der Waals surface area (Å²) in [6, 6.07) is 12.7. The van der Waals surface area contributed by atoms with Gasteiger partial charge < -0.3 is 24.8 Å². The number of halogens is 6. The van der Waals surface area contributed by atoms with Gasteiger partial charge in [0.15, 0.2) is 0 Å². The first-order valence-corrected chi connectivity index (χ1v) is 29.9. The molecular formula is C55H66Br4Cl2N8O4. The number of aromatic nitrogens is 2. The predicted octanol–water partition coefficient (Wildman–Crippen LogP) is 11.6. The lowest BCUT2D eigenvalue weighted by molar-refractivity contribution is -0.135.